The first-order valence-electron chi connectivity index (χ1n) is 8.62. The maximum absolute atomic E-state index is 12.3. The van der Waals surface area contributed by atoms with E-state index in [1.165, 1.54) is 0 Å². The maximum atomic E-state index is 12.3. The van der Waals surface area contributed by atoms with E-state index in [4.69, 9.17) is 16.7 Å². The van der Waals surface area contributed by atoms with Crippen molar-refractivity contribution in [3.63, 3.8) is 0 Å². The number of anilines is 1. The van der Waals surface area contributed by atoms with Crippen LogP contribution >= 0.6 is 11.6 Å². The molecule has 26 heavy (non-hydrogen) atoms. The third kappa shape index (κ3) is 4.84. The predicted molar refractivity (Wildman–Crippen MR) is 101 cm³/mol. The molecule has 0 saturated carbocycles. The molecule has 1 saturated heterocycles. The Morgan fingerprint density at radius 3 is 2.54 bits per heavy atom. The number of piperidine rings is 1. The van der Waals surface area contributed by atoms with Crippen molar-refractivity contribution in [1.29, 1.82) is 0 Å². The number of hydrogen-bond acceptors (Lipinski definition) is 3. The highest BCUT2D eigenvalue weighted by Crippen LogP contribution is 2.21. The second-order valence-electron chi connectivity index (χ2n) is 6.55. The molecule has 0 atom stereocenters. The highest BCUT2D eigenvalue weighted by atomic mass is 35.5. The molecule has 2 aromatic carbocycles. The molecule has 2 aromatic rings. The smallest absolute Gasteiger partial charge is 0.306 e. The molecule has 0 aromatic heterocycles. The molecule has 136 valence electrons. The molecule has 5 nitrogen and oxygen atoms in total. The van der Waals surface area contributed by atoms with Gasteiger partial charge in [0.2, 0.25) is 0 Å². The minimum absolute atomic E-state index is 0.202. The number of nitrogens with zero attached hydrogens (tertiary/aromatic N) is 1. The summed E-state index contributed by atoms with van der Waals surface area (Å²) in [6, 6.07) is 14.5. The molecule has 1 aliphatic rings. The lowest BCUT2D eigenvalue weighted by molar-refractivity contribution is -0.143. The number of rotatable bonds is 5. The Bertz CT molecular complexity index is 801. The van der Waals surface area contributed by atoms with Gasteiger partial charge in [-0.15, -0.1) is 0 Å². The molecule has 0 aliphatic carbocycles. The number of amides is 1. The number of hydrogen-bond donors (Lipinski definition) is 2. The SMILES string of the molecule is O=C(Nc1cccc(CN2CCC(C(=O)O)CC2)c1)c1cccc(Cl)c1. The monoisotopic (exact) mass is 372 g/mol. The quantitative estimate of drug-likeness (QED) is 0.835. The number of carboxylic acids is 1. The summed E-state index contributed by atoms with van der Waals surface area (Å²) >= 11 is 5.93. The van der Waals surface area contributed by atoms with Crippen LogP contribution in [-0.2, 0) is 11.3 Å². The van der Waals surface area contributed by atoms with E-state index in [9.17, 15) is 9.59 Å². The molecule has 1 heterocycles. The zero-order chi connectivity index (χ0) is 18.5. The van der Waals surface area contributed by atoms with Gasteiger partial charge < -0.3 is 10.4 Å². The van der Waals surface area contributed by atoms with Crippen LogP contribution < -0.4 is 5.32 Å². The fourth-order valence-corrected chi connectivity index (χ4v) is 3.37. The second kappa shape index (κ2) is 8.34. The number of carbonyl (C=O) groups excluding carboxylic acids is 1. The summed E-state index contributed by atoms with van der Waals surface area (Å²) in [5.41, 5.74) is 2.33. The van der Waals surface area contributed by atoms with E-state index in [0.29, 0.717) is 23.4 Å². The van der Waals surface area contributed by atoms with Crippen molar-refractivity contribution in [2.24, 2.45) is 5.92 Å². The number of likely N-dealkylation sites (tertiary alicyclic amines) is 1. The predicted octanol–water partition coefficient (Wildman–Crippen LogP) is 3.89. The van der Waals surface area contributed by atoms with Crippen molar-refractivity contribution in [3.05, 3.63) is 64.7 Å². The second-order valence-corrected chi connectivity index (χ2v) is 6.99. The van der Waals surface area contributed by atoms with Gasteiger partial charge in [-0.05, 0) is 61.8 Å². The number of nitrogens with one attached hydrogen (secondary N) is 1. The molecule has 1 fully saturated rings. The first kappa shape index (κ1) is 18.4. The van der Waals surface area contributed by atoms with E-state index in [1.54, 1.807) is 24.3 Å². The highest BCUT2D eigenvalue weighted by Gasteiger charge is 2.24. The molecular formula is C20H21ClN2O3. The number of carbonyl (C=O) groups is 2. The number of benzene rings is 2. The van der Waals surface area contributed by atoms with E-state index in [0.717, 1.165) is 30.9 Å². The zero-order valence-electron chi connectivity index (χ0n) is 14.3. The van der Waals surface area contributed by atoms with Gasteiger partial charge in [-0.25, -0.2) is 0 Å². The topological polar surface area (TPSA) is 69.6 Å². The summed E-state index contributed by atoms with van der Waals surface area (Å²) in [7, 11) is 0. The Kier molecular flexibility index (Phi) is 5.91. The Morgan fingerprint density at radius 1 is 1.12 bits per heavy atom. The average Bonchev–Trinajstić information content (AvgIpc) is 2.62. The van der Waals surface area contributed by atoms with E-state index in [-0.39, 0.29) is 11.8 Å². The Labute approximate surface area is 157 Å². The van der Waals surface area contributed by atoms with Crippen molar-refractivity contribution in [2.45, 2.75) is 19.4 Å². The van der Waals surface area contributed by atoms with Gasteiger partial charge in [0, 0.05) is 22.8 Å². The van der Waals surface area contributed by atoms with Crippen molar-refractivity contribution in [2.75, 3.05) is 18.4 Å². The highest BCUT2D eigenvalue weighted by molar-refractivity contribution is 6.31. The Morgan fingerprint density at radius 2 is 1.85 bits per heavy atom. The Balaban J connectivity index is 1.60. The van der Waals surface area contributed by atoms with Gasteiger partial charge in [-0.1, -0.05) is 29.8 Å². The lowest BCUT2D eigenvalue weighted by Crippen LogP contribution is -2.35. The van der Waals surface area contributed by atoms with Gasteiger partial charge in [0.25, 0.3) is 5.91 Å². The summed E-state index contributed by atoms with van der Waals surface area (Å²) in [4.78, 5) is 25.6. The normalized spacial score (nSPS) is 15.6. The van der Waals surface area contributed by atoms with Gasteiger partial charge in [-0.3, -0.25) is 14.5 Å². The maximum Gasteiger partial charge on any atom is 0.306 e. The molecule has 2 N–H and O–H groups in total. The number of carboxylic acid groups (broad SMARTS) is 1. The van der Waals surface area contributed by atoms with Crippen LogP contribution in [0.4, 0.5) is 5.69 Å². The van der Waals surface area contributed by atoms with Crippen molar-refractivity contribution >= 4 is 29.2 Å². The summed E-state index contributed by atoms with van der Waals surface area (Å²) < 4.78 is 0. The molecular weight excluding hydrogens is 352 g/mol. The first-order chi connectivity index (χ1) is 12.5. The first-order valence-corrected chi connectivity index (χ1v) is 9.00. The fraction of sp³-hybridized carbons (Fsp3) is 0.300. The Hall–Kier alpha value is -2.37. The summed E-state index contributed by atoms with van der Waals surface area (Å²) in [6.45, 7) is 2.29. The summed E-state index contributed by atoms with van der Waals surface area (Å²) in [5.74, 6) is -1.13. The van der Waals surface area contributed by atoms with Gasteiger partial charge in [0.15, 0.2) is 0 Å². The van der Waals surface area contributed by atoms with Crippen LogP contribution in [0.5, 0.6) is 0 Å². The molecule has 6 heteroatoms. The zero-order valence-corrected chi connectivity index (χ0v) is 15.1. The van der Waals surface area contributed by atoms with Crippen LogP contribution in [0.15, 0.2) is 48.5 Å². The summed E-state index contributed by atoms with van der Waals surface area (Å²) in [5, 5.41) is 12.5. The average molecular weight is 373 g/mol. The molecule has 3 rings (SSSR count). The number of aliphatic carboxylic acids is 1. The molecule has 0 bridgehead atoms. The van der Waals surface area contributed by atoms with E-state index >= 15 is 0 Å². The van der Waals surface area contributed by atoms with Gasteiger partial charge >= 0.3 is 5.97 Å². The van der Waals surface area contributed by atoms with E-state index in [2.05, 4.69) is 10.2 Å². The fourth-order valence-electron chi connectivity index (χ4n) is 3.18. The van der Waals surface area contributed by atoms with Crippen molar-refractivity contribution < 1.29 is 14.7 Å². The molecule has 1 amide bonds. The van der Waals surface area contributed by atoms with Gasteiger partial charge in [-0.2, -0.15) is 0 Å². The van der Waals surface area contributed by atoms with Crippen molar-refractivity contribution in [1.82, 2.24) is 4.90 Å². The summed E-state index contributed by atoms with van der Waals surface area (Å²) in [6.07, 6.45) is 1.36. The molecule has 0 unspecified atom stereocenters. The molecule has 1 aliphatic heterocycles. The largest absolute Gasteiger partial charge is 0.481 e. The van der Waals surface area contributed by atoms with E-state index in [1.807, 2.05) is 24.3 Å². The van der Waals surface area contributed by atoms with Crippen LogP contribution in [0.2, 0.25) is 5.02 Å². The third-order valence-corrected chi connectivity index (χ3v) is 4.85. The molecule has 0 radical (unpaired) electrons. The van der Waals surface area contributed by atoms with Crippen LogP contribution in [-0.4, -0.2) is 35.0 Å². The van der Waals surface area contributed by atoms with Gasteiger partial charge in [0.1, 0.15) is 0 Å². The minimum atomic E-state index is -0.699. The standard InChI is InChI=1S/C20H21ClN2O3/c21-17-5-2-4-16(12-17)19(24)22-18-6-1-3-14(11-18)13-23-9-7-15(8-10-23)20(25)26/h1-6,11-12,15H,7-10,13H2,(H,22,24)(H,25,26). The van der Waals surface area contributed by atoms with Crippen molar-refractivity contribution in [3.8, 4) is 0 Å². The van der Waals surface area contributed by atoms with Crippen LogP contribution in [0, 0.1) is 5.92 Å². The minimum Gasteiger partial charge on any atom is -0.481 e. The molecule has 0 spiro atoms. The lowest BCUT2D eigenvalue weighted by atomic mass is 9.97. The van der Waals surface area contributed by atoms with E-state index < -0.39 is 5.97 Å². The number of halogens is 1. The van der Waals surface area contributed by atoms with Crippen LogP contribution in [0.25, 0.3) is 0 Å². The third-order valence-electron chi connectivity index (χ3n) is 4.61. The van der Waals surface area contributed by atoms with Gasteiger partial charge in [0.05, 0.1) is 5.92 Å². The lowest BCUT2D eigenvalue weighted by Gasteiger charge is -2.30. The van der Waals surface area contributed by atoms with Crippen LogP contribution in [0.1, 0.15) is 28.8 Å². The van der Waals surface area contributed by atoms with Crippen LogP contribution in [0.3, 0.4) is 0 Å².